The van der Waals surface area contributed by atoms with E-state index in [2.05, 4.69) is 19.8 Å². The Bertz CT molecular complexity index is 926. The van der Waals surface area contributed by atoms with Crippen LogP contribution in [0.1, 0.15) is 12.0 Å². The van der Waals surface area contributed by atoms with Crippen LogP contribution in [0.2, 0.25) is 0 Å². The molecule has 120 valence electrons. The van der Waals surface area contributed by atoms with Crippen molar-refractivity contribution in [1.82, 2.24) is 24.3 Å². The van der Waals surface area contributed by atoms with E-state index < -0.39 is 15.8 Å². The van der Waals surface area contributed by atoms with Gasteiger partial charge in [0, 0.05) is 18.9 Å². The van der Waals surface area contributed by atoms with Crippen LogP contribution >= 0.6 is 0 Å². The number of nitrogens with zero attached hydrogens (tertiary/aromatic N) is 4. The maximum absolute atomic E-state index is 13.1. The van der Waals surface area contributed by atoms with Crippen LogP contribution in [0.3, 0.4) is 0 Å². The minimum atomic E-state index is -3.70. The second-order valence-corrected chi connectivity index (χ2v) is 6.69. The van der Waals surface area contributed by atoms with E-state index in [4.69, 9.17) is 0 Å². The fourth-order valence-electron chi connectivity index (χ4n) is 2.10. The molecule has 0 aliphatic carbocycles. The highest BCUT2D eigenvalue weighted by atomic mass is 32.2. The fourth-order valence-corrected chi connectivity index (χ4v) is 3.21. The number of fused-ring (bicyclic) bond motifs is 1. The predicted octanol–water partition coefficient (Wildman–Crippen LogP) is 1.17. The second kappa shape index (κ2) is 6.39. The number of benzene rings is 1. The van der Waals surface area contributed by atoms with Crippen LogP contribution in [-0.4, -0.2) is 34.5 Å². The van der Waals surface area contributed by atoms with Crippen LogP contribution in [0.4, 0.5) is 4.39 Å². The summed E-state index contributed by atoms with van der Waals surface area (Å²) < 4.78 is 41.2. The monoisotopic (exact) mass is 335 g/mol. The Hall–Kier alpha value is -2.39. The van der Waals surface area contributed by atoms with E-state index in [1.165, 1.54) is 24.5 Å². The van der Waals surface area contributed by atoms with E-state index >= 15 is 0 Å². The molecule has 0 atom stereocenters. The number of halogens is 1. The molecule has 2 heterocycles. The largest absolute Gasteiger partial charge is 0.252 e. The predicted molar refractivity (Wildman–Crippen MR) is 80.7 cm³/mol. The first-order valence-corrected chi connectivity index (χ1v) is 8.42. The van der Waals surface area contributed by atoms with Gasteiger partial charge in [0.25, 0.3) is 5.78 Å². The lowest BCUT2D eigenvalue weighted by Gasteiger charge is -2.07. The van der Waals surface area contributed by atoms with Crippen LogP contribution in [-0.2, 0) is 16.4 Å². The minimum absolute atomic E-state index is 0.0804. The van der Waals surface area contributed by atoms with Gasteiger partial charge in [0.15, 0.2) is 0 Å². The summed E-state index contributed by atoms with van der Waals surface area (Å²) in [5, 5.41) is 3.99. The van der Waals surface area contributed by atoms with E-state index in [0.717, 1.165) is 11.6 Å². The second-order valence-electron chi connectivity index (χ2n) is 4.93. The standard InChI is InChI=1S/C14H14FN5O2S/c15-12-4-1-5-13(7-12)23(21,22)19-6-2-3-11-8-16-14-17-10-18-20(14)9-11/h1,4-5,7-10,19H,2-3,6H2. The number of nitrogens with one attached hydrogen (secondary N) is 1. The Kier molecular flexibility index (Phi) is 4.30. The Morgan fingerprint density at radius 3 is 2.96 bits per heavy atom. The third kappa shape index (κ3) is 3.69. The minimum Gasteiger partial charge on any atom is -0.219 e. The van der Waals surface area contributed by atoms with E-state index in [1.54, 1.807) is 16.9 Å². The normalized spacial score (nSPS) is 11.9. The van der Waals surface area contributed by atoms with Crippen LogP contribution in [0.25, 0.3) is 5.78 Å². The Labute approximate surface area is 132 Å². The van der Waals surface area contributed by atoms with E-state index in [-0.39, 0.29) is 11.4 Å². The number of hydrogen-bond acceptors (Lipinski definition) is 5. The molecule has 23 heavy (non-hydrogen) atoms. The molecule has 0 spiro atoms. The molecule has 0 saturated carbocycles. The number of aryl methyl sites for hydroxylation is 1. The zero-order valence-electron chi connectivity index (χ0n) is 12.1. The molecule has 0 unspecified atom stereocenters. The zero-order chi connectivity index (χ0) is 16.3. The highest BCUT2D eigenvalue weighted by Gasteiger charge is 2.13. The number of aromatic nitrogens is 4. The van der Waals surface area contributed by atoms with Gasteiger partial charge in [-0.1, -0.05) is 6.07 Å². The number of sulfonamides is 1. The van der Waals surface area contributed by atoms with Gasteiger partial charge in [0.1, 0.15) is 12.1 Å². The van der Waals surface area contributed by atoms with Crippen molar-refractivity contribution in [2.75, 3.05) is 6.54 Å². The average Bonchev–Trinajstić information content (AvgIpc) is 2.99. The molecular weight excluding hydrogens is 321 g/mol. The summed E-state index contributed by atoms with van der Waals surface area (Å²) in [6, 6.07) is 4.91. The fraction of sp³-hybridized carbons (Fsp3) is 0.214. The summed E-state index contributed by atoms with van der Waals surface area (Å²) in [6.07, 6.45) is 6.12. The van der Waals surface area contributed by atoms with Gasteiger partial charge in [-0.2, -0.15) is 10.1 Å². The van der Waals surface area contributed by atoms with Crippen molar-refractivity contribution in [3.8, 4) is 0 Å². The summed E-state index contributed by atoms with van der Waals surface area (Å²) in [7, 11) is -3.70. The van der Waals surface area contributed by atoms with Crippen LogP contribution in [0.5, 0.6) is 0 Å². The quantitative estimate of drug-likeness (QED) is 0.683. The lowest BCUT2D eigenvalue weighted by molar-refractivity contribution is 0.575. The first-order chi connectivity index (χ1) is 11.0. The van der Waals surface area contributed by atoms with Crippen molar-refractivity contribution in [1.29, 1.82) is 0 Å². The van der Waals surface area contributed by atoms with Crippen molar-refractivity contribution in [2.24, 2.45) is 0 Å². The maximum Gasteiger partial charge on any atom is 0.252 e. The van der Waals surface area contributed by atoms with Gasteiger partial charge in [-0.25, -0.2) is 27.0 Å². The molecule has 0 bridgehead atoms. The van der Waals surface area contributed by atoms with Crippen LogP contribution in [0, 0.1) is 5.82 Å². The van der Waals surface area contributed by atoms with Gasteiger partial charge in [-0.15, -0.1) is 0 Å². The van der Waals surface area contributed by atoms with Gasteiger partial charge in [-0.3, -0.25) is 0 Å². The van der Waals surface area contributed by atoms with Gasteiger partial charge in [0.05, 0.1) is 4.90 Å². The van der Waals surface area contributed by atoms with Crippen LogP contribution < -0.4 is 4.72 Å². The third-order valence-electron chi connectivity index (χ3n) is 3.23. The zero-order valence-corrected chi connectivity index (χ0v) is 12.9. The Morgan fingerprint density at radius 1 is 1.26 bits per heavy atom. The van der Waals surface area contributed by atoms with E-state index in [1.807, 2.05) is 0 Å². The van der Waals surface area contributed by atoms with Gasteiger partial charge < -0.3 is 0 Å². The van der Waals surface area contributed by atoms with Crippen molar-refractivity contribution in [2.45, 2.75) is 17.7 Å². The molecule has 2 aromatic heterocycles. The van der Waals surface area contributed by atoms with E-state index in [0.29, 0.717) is 18.6 Å². The molecule has 0 aliphatic heterocycles. The molecule has 0 radical (unpaired) electrons. The third-order valence-corrected chi connectivity index (χ3v) is 4.69. The van der Waals surface area contributed by atoms with Crippen molar-refractivity contribution in [3.05, 3.63) is 54.4 Å². The molecule has 0 amide bonds. The highest BCUT2D eigenvalue weighted by molar-refractivity contribution is 7.89. The average molecular weight is 335 g/mol. The molecular formula is C14H14FN5O2S. The van der Waals surface area contributed by atoms with Gasteiger partial charge in [-0.05, 0) is 36.6 Å². The molecule has 3 aromatic rings. The van der Waals surface area contributed by atoms with Crippen molar-refractivity contribution in [3.63, 3.8) is 0 Å². The maximum atomic E-state index is 13.1. The highest BCUT2D eigenvalue weighted by Crippen LogP contribution is 2.10. The van der Waals surface area contributed by atoms with Crippen molar-refractivity contribution < 1.29 is 12.8 Å². The summed E-state index contributed by atoms with van der Waals surface area (Å²) in [5.74, 6) is -0.0689. The molecule has 0 fully saturated rings. The lowest BCUT2D eigenvalue weighted by Crippen LogP contribution is -2.25. The lowest BCUT2D eigenvalue weighted by atomic mass is 10.2. The Balaban J connectivity index is 1.56. The molecule has 3 rings (SSSR count). The first kappa shape index (κ1) is 15.5. The molecule has 1 aromatic carbocycles. The topological polar surface area (TPSA) is 89.2 Å². The van der Waals surface area contributed by atoms with E-state index in [9.17, 15) is 12.8 Å². The number of hydrogen-bond donors (Lipinski definition) is 1. The molecule has 9 heteroatoms. The van der Waals surface area contributed by atoms with Gasteiger partial charge in [0.2, 0.25) is 10.0 Å². The van der Waals surface area contributed by atoms with Crippen molar-refractivity contribution >= 4 is 15.8 Å². The summed E-state index contributed by atoms with van der Waals surface area (Å²) in [4.78, 5) is 8.00. The smallest absolute Gasteiger partial charge is 0.219 e. The van der Waals surface area contributed by atoms with Crippen LogP contribution in [0.15, 0.2) is 47.9 Å². The summed E-state index contributed by atoms with van der Waals surface area (Å²) >= 11 is 0. The molecule has 0 aliphatic rings. The molecule has 7 nitrogen and oxygen atoms in total. The van der Waals surface area contributed by atoms with Gasteiger partial charge >= 0.3 is 0 Å². The molecule has 1 N–H and O–H groups in total. The molecule has 0 saturated heterocycles. The first-order valence-electron chi connectivity index (χ1n) is 6.94. The Morgan fingerprint density at radius 2 is 2.13 bits per heavy atom. The number of rotatable bonds is 6. The SMILES string of the molecule is O=S(=O)(NCCCc1cnc2ncnn2c1)c1cccc(F)c1. The summed E-state index contributed by atoms with van der Waals surface area (Å²) in [5.41, 5.74) is 0.924. The summed E-state index contributed by atoms with van der Waals surface area (Å²) in [6.45, 7) is 0.244.